The Balaban J connectivity index is 0.000000422. The normalized spacial score (nSPS) is 12.1. The Bertz CT molecular complexity index is 4340. The first kappa shape index (κ1) is 43.0. The molecule has 402 valence electrons. The molecule has 0 amide bonds. The summed E-state index contributed by atoms with van der Waals surface area (Å²) in [5, 5.41) is 22.8. The van der Waals surface area contributed by atoms with E-state index >= 15 is 0 Å². The lowest BCUT2D eigenvalue weighted by molar-refractivity contribution is 0.393. The lowest BCUT2D eigenvalue weighted by atomic mass is 9.97. The molecule has 0 unspecified atom stereocenters. The predicted octanol–water partition coefficient (Wildman–Crippen LogP) is 17.4. The minimum absolute atomic E-state index is 0. The quantitative estimate of drug-likeness (QED) is 0.135. The number of aromatic amines is 3. The summed E-state index contributed by atoms with van der Waals surface area (Å²) < 4.78 is 110. The zero-order valence-corrected chi connectivity index (χ0v) is 45.8. The number of nitrogens with zero attached hydrogens (tertiary/aromatic N) is 7. The van der Waals surface area contributed by atoms with E-state index in [2.05, 4.69) is 101 Å². The second-order valence-electron chi connectivity index (χ2n) is 18.2. The van der Waals surface area contributed by atoms with Crippen molar-refractivity contribution in [2.24, 2.45) is 0 Å². The fraction of sp³-hybridized carbons (Fsp3) is 0.211. The summed E-state index contributed by atoms with van der Waals surface area (Å²) in [5.41, 5.74) is 17.1. The molecule has 3 N–H and O–H groups in total. The van der Waals surface area contributed by atoms with Gasteiger partial charge in [0.2, 0.25) is 0 Å². The van der Waals surface area contributed by atoms with Gasteiger partial charge in [0.25, 0.3) is 0 Å². The van der Waals surface area contributed by atoms with Crippen molar-refractivity contribution in [3.05, 3.63) is 128 Å². The Labute approximate surface area is 475 Å². The summed E-state index contributed by atoms with van der Waals surface area (Å²) in [6.07, 6.45) is 11.0. The molecule has 0 aliphatic heterocycles. The summed E-state index contributed by atoms with van der Waals surface area (Å²) in [6.45, 7) is 15.4. The third-order valence-corrected chi connectivity index (χ3v) is 14.8. The van der Waals surface area contributed by atoms with E-state index in [-0.39, 0.29) is 8.85 Å². The van der Waals surface area contributed by atoms with Gasteiger partial charge < -0.3 is 47.3 Å². The third kappa shape index (κ3) is 8.52. The summed E-state index contributed by atoms with van der Waals surface area (Å²) >= 11 is 7.11. The summed E-state index contributed by atoms with van der Waals surface area (Å²) in [6, 6.07) is 12.3. The van der Waals surface area contributed by atoms with Gasteiger partial charge in [-0.1, -0.05) is 28.1 Å². The lowest BCUT2D eigenvalue weighted by Crippen LogP contribution is -1.90. The Hall–Kier alpha value is -8.29. The highest BCUT2D eigenvalue weighted by atomic mass is 79.9. The first-order valence-electron chi connectivity index (χ1n) is 30.7. The smallest absolute Gasteiger partial charge is 0.141 e. The molecule has 0 aliphatic carbocycles. The van der Waals surface area contributed by atoms with Crippen molar-refractivity contribution in [2.75, 3.05) is 21.3 Å². The van der Waals surface area contributed by atoms with Gasteiger partial charge in [0.05, 0.1) is 94.8 Å². The Kier molecular flexibility index (Phi) is 11.4. The van der Waals surface area contributed by atoms with Crippen molar-refractivity contribution in [2.45, 2.75) is 62.8 Å². The highest BCUT2D eigenvalue weighted by Crippen LogP contribution is 2.45. The zero-order chi connectivity index (χ0) is 66.6. The fourth-order valence-electron chi connectivity index (χ4n) is 10.3. The van der Waals surface area contributed by atoms with Crippen LogP contribution in [0.2, 0.25) is 0 Å². The lowest BCUT2D eigenvalue weighted by Gasteiger charge is -2.09. The van der Waals surface area contributed by atoms with Crippen LogP contribution in [-0.2, 0) is 0 Å². The van der Waals surface area contributed by atoms with Crippen LogP contribution < -0.4 is 14.2 Å². The van der Waals surface area contributed by atoms with Crippen LogP contribution in [0.1, 0.15) is 75.5 Å². The van der Waals surface area contributed by atoms with E-state index in [1.165, 1.54) is 0 Å². The molecule has 0 bridgehead atoms. The molecule has 10 aromatic heterocycles. The van der Waals surface area contributed by atoms with Gasteiger partial charge in [0, 0.05) is 128 Å². The molecule has 17 nitrogen and oxygen atoms in total. The number of hydrogen-bond donors (Lipinski definition) is 3. The average molecular weight is 1200 g/mol. The van der Waals surface area contributed by atoms with E-state index in [4.69, 9.17) is 53.1 Å². The van der Waals surface area contributed by atoms with Gasteiger partial charge in [0.1, 0.15) is 40.3 Å². The minimum atomic E-state index is 0. The predicted molar refractivity (Wildman–Crippen MR) is 319 cm³/mol. The highest BCUT2D eigenvalue weighted by Gasteiger charge is 2.24. The third-order valence-electron chi connectivity index (χ3n) is 13.6. The number of aryl methyl sites for hydroxylation is 8. The highest BCUT2D eigenvalue weighted by molar-refractivity contribution is 9.11. The number of H-pyrrole nitrogens is 3. The van der Waals surface area contributed by atoms with E-state index < -0.39 is 0 Å². The van der Waals surface area contributed by atoms with Gasteiger partial charge in [0.15, 0.2) is 0 Å². The van der Waals surface area contributed by atoms with Gasteiger partial charge in [-0.3, -0.25) is 15.0 Å². The topological polar surface area (TPSA) is 218 Å². The monoisotopic (exact) mass is 1190 g/mol. The molecule has 0 aliphatic rings. The molecule has 10 heterocycles. The maximum Gasteiger partial charge on any atom is 0.141 e. The molecule has 3 aromatic carbocycles. The molecular formula is C57H68Br2N10O7. The number of fused-ring (bicyclic) bond motifs is 9. The number of aromatic nitrogens is 10. The van der Waals surface area contributed by atoms with Crippen LogP contribution >= 0.6 is 31.9 Å². The molecule has 0 saturated heterocycles. The van der Waals surface area contributed by atoms with Gasteiger partial charge in [-0.25, -0.2) is 0 Å². The summed E-state index contributed by atoms with van der Waals surface area (Å²) in [4.78, 5) is 23.3. The molecule has 0 saturated carbocycles. The maximum absolute atomic E-state index is 5.75. The number of rotatable bonds is 7. The van der Waals surface area contributed by atoms with E-state index in [0.717, 1.165) is 182 Å². The second-order valence-corrected chi connectivity index (χ2v) is 19.9. The maximum atomic E-state index is 5.75. The number of methoxy groups -OCH3 is 3. The number of nitrogens with one attached hydrogen (secondary N) is 3. The molecule has 0 radical (unpaired) electrons. The van der Waals surface area contributed by atoms with Crippen LogP contribution in [0.15, 0.2) is 101 Å². The van der Waals surface area contributed by atoms with Gasteiger partial charge in [-0.15, -0.1) is 0 Å². The molecule has 13 aromatic rings. The largest absolute Gasteiger partial charge is 0.496 e. The van der Waals surface area contributed by atoms with E-state index in [0.29, 0.717) is 0 Å². The van der Waals surface area contributed by atoms with Crippen LogP contribution in [0.4, 0.5) is 0 Å². The number of pyridine rings is 3. The van der Waals surface area contributed by atoms with Crippen LogP contribution in [0, 0.1) is 55.4 Å². The standard InChI is InChI=1S/C22H20N4O3.2C17H14BrN3O2.CH4.8H2/c1-10-20(12(3)28-25-10)15-6-17-14(7-19(15)27-5)22-16(8-23-9-18(22)24-17)21-11(2)26-29-13(21)4;1-8-16(9(2)23-21-8)11-4-13-10(5-15(11)22-3)17-12(18)6-19-7-14(17)20-13;1-8-16(9(2)23-21-8)11-6-19-7-14-17(11)10-4-15(22-3)12(18)5-13(10)20-14;;;;;;;;;/h6-9,24H,1-5H3;2*4-7,20H,1-3H3;1H4;8*1H/i;;;;7*1+2T;1+2. The molecular weight excluding hydrogens is 1100 g/mol. The molecule has 19 heteroatoms. The SMILES string of the molecule is C.COc1cc2c(cc1-c1c(C)noc1C)[nH]c1cncc(-c3c(C)noc3C)c12.COc1cc2c(cc1-c1c(C)noc1C)[nH]c1cncc(Br)c12.COc1cc2c(cc1Br)[nH]c1cncc(-c3c(C)noc3C)c12.[3HH].[3H][3H].[3H][3H].[3H][3H].[3H][3H].[3H][3H].[3H][3H].[3H][3H]. The number of halogens is 2. The van der Waals surface area contributed by atoms with Crippen LogP contribution in [0.3, 0.4) is 0 Å². The molecule has 0 fully saturated rings. The van der Waals surface area contributed by atoms with Crippen LogP contribution in [0.5, 0.6) is 17.2 Å². The molecule has 0 atom stereocenters. The number of ether oxygens (including phenoxy) is 3. The van der Waals surface area contributed by atoms with Gasteiger partial charge >= 0.3 is 0 Å². The second kappa shape index (κ2) is 20.1. The Morgan fingerprint density at radius 2 is 0.724 bits per heavy atom. The zero-order valence-electron chi connectivity index (χ0n) is 56.7. The first-order chi connectivity index (χ1) is 43.2. The van der Waals surface area contributed by atoms with Crippen molar-refractivity contribution < 1.29 is 54.5 Å². The molecule has 76 heavy (non-hydrogen) atoms. The van der Waals surface area contributed by atoms with E-state index in [9.17, 15) is 0 Å². The number of benzene rings is 3. The molecule has 0 spiro atoms. The van der Waals surface area contributed by atoms with Crippen molar-refractivity contribution >= 4 is 97.3 Å². The minimum Gasteiger partial charge on any atom is -0.496 e. The van der Waals surface area contributed by atoms with Crippen LogP contribution in [0.25, 0.3) is 110 Å². The van der Waals surface area contributed by atoms with Crippen LogP contribution in [-0.4, -0.2) is 71.9 Å². The van der Waals surface area contributed by atoms with Crippen molar-refractivity contribution in [1.29, 1.82) is 0 Å². The fourth-order valence-corrected chi connectivity index (χ4v) is 11.4. The average Bonchev–Trinajstić information content (AvgIpc) is 1.63. The first-order valence-corrected chi connectivity index (χ1v) is 25.2. The van der Waals surface area contributed by atoms with E-state index in [1.807, 2.05) is 105 Å². The van der Waals surface area contributed by atoms with E-state index in [1.54, 1.807) is 27.5 Å². The summed E-state index contributed by atoms with van der Waals surface area (Å²) in [5.74, 6) is 5.43. The van der Waals surface area contributed by atoms with Gasteiger partial charge in [-0.2, -0.15) is 0 Å². The van der Waals surface area contributed by atoms with Crippen molar-refractivity contribution in [3.8, 4) is 61.8 Å². The summed E-state index contributed by atoms with van der Waals surface area (Å²) in [7, 11) is 5.01. The van der Waals surface area contributed by atoms with Gasteiger partial charge in [-0.05, 0) is 124 Å². The number of hydrogen-bond acceptors (Lipinski definition) is 14. The van der Waals surface area contributed by atoms with Crippen molar-refractivity contribution in [1.82, 2.24) is 50.5 Å². The van der Waals surface area contributed by atoms with Crippen molar-refractivity contribution in [3.63, 3.8) is 0 Å². The molecule has 13 rings (SSSR count). The Morgan fingerprint density at radius 1 is 0.395 bits per heavy atom. The Morgan fingerprint density at radius 3 is 1.09 bits per heavy atom.